The SMILES string of the molecule is O=C(C#Cc1cccc(Cl)c1Cl)N1CCN(C(c2ccccc2)c2ccccc2)CC1. The van der Waals surface area contributed by atoms with E-state index in [2.05, 4.69) is 65.3 Å². The molecule has 4 rings (SSSR count). The van der Waals surface area contributed by atoms with Crippen LogP contribution in [0, 0.1) is 11.8 Å². The van der Waals surface area contributed by atoms with Gasteiger partial charge in [-0.25, -0.2) is 0 Å². The first-order chi connectivity index (χ1) is 15.1. The second-order valence-corrected chi connectivity index (χ2v) is 8.19. The molecule has 0 saturated carbocycles. The summed E-state index contributed by atoms with van der Waals surface area (Å²) in [6.07, 6.45) is 0. The molecule has 31 heavy (non-hydrogen) atoms. The summed E-state index contributed by atoms with van der Waals surface area (Å²) in [5.41, 5.74) is 3.07. The molecule has 0 bridgehead atoms. The third-order valence-electron chi connectivity index (χ3n) is 5.45. The molecule has 0 radical (unpaired) electrons. The molecule has 0 spiro atoms. The first kappa shape index (κ1) is 21.5. The number of carbonyl (C=O) groups is 1. The predicted molar refractivity (Wildman–Crippen MR) is 126 cm³/mol. The van der Waals surface area contributed by atoms with Gasteiger partial charge in [0.05, 0.1) is 16.1 Å². The van der Waals surface area contributed by atoms with Gasteiger partial charge in [0.2, 0.25) is 0 Å². The summed E-state index contributed by atoms with van der Waals surface area (Å²) < 4.78 is 0. The maximum Gasteiger partial charge on any atom is 0.298 e. The summed E-state index contributed by atoms with van der Waals surface area (Å²) in [4.78, 5) is 16.9. The number of hydrogen-bond acceptors (Lipinski definition) is 2. The van der Waals surface area contributed by atoms with Gasteiger partial charge in [0.25, 0.3) is 5.91 Å². The van der Waals surface area contributed by atoms with Gasteiger partial charge in [-0.1, -0.05) is 95.9 Å². The third kappa shape index (κ3) is 5.11. The lowest BCUT2D eigenvalue weighted by Crippen LogP contribution is -2.49. The fraction of sp³-hybridized carbons (Fsp3) is 0.192. The van der Waals surface area contributed by atoms with Crippen molar-refractivity contribution in [3.8, 4) is 11.8 Å². The largest absolute Gasteiger partial charge is 0.329 e. The van der Waals surface area contributed by atoms with Gasteiger partial charge in [-0.2, -0.15) is 0 Å². The number of piperazine rings is 1. The van der Waals surface area contributed by atoms with Crippen molar-refractivity contribution in [2.24, 2.45) is 0 Å². The predicted octanol–water partition coefficient (Wildman–Crippen LogP) is 5.28. The van der Waals surface area contributed by atoms with Crippen LogP contribution in [-0.4, -0.2) is 41.9 Å². The van der Waals surface area contributed by atoms with Crippen LogP contribution in [0.25, 0.3) is 0 Å². The highest BCUT2D eigenvalue weighted by Crippen LogP contribution is 2.29. The van der Waals surface area contributed by atoms with Crippen molar-refractivity contribution < 1.29 is 4.79 Å². The first-order valence-corrected chi connectivity index (χ1v) is 11.0. The number of hydrogen-bond donors (Lipinski definition) is 0. The Morgan fingerprint density at radius 3 is 1.94 bits per heavy atom. The fourth-order valence-electron chi connectivity index (χ4n) is 3.87. The Bertz CT molecular complexity index is 1060. The van der Waals surface area contributed by atoms with Crippen LogP contribution in [0.15, 0.2) is 78.9 Å². The van der Waals surface area contributed by atoms with Gasteiger partial charge in [0, 0.05) is 37.7 Å². The molecule has 0 aliphatic carbocycles. The van der Waals surface area contributed by atoms with E-state index in [0.717, 1.165) is 13.1 Å². The molecular formula is C26H22Cl2N2O. The Morgan fingerprint density at radius 1 is 0.774 bits per heavy atom. The van der Waals surface area contributed by atoms with Crippen LogP contribution in [-0.2, 0) is 4.79 Å². The number of rotatable bonds is 3. The molecular weight excluding hydrogens is 427 g/mol. The number of carbonyl (C=O) groups excluding carboxylic acids is 1. The highest BCUT2D eigenvalue weighted by Gasteiger charge is 2.27. The van der Waals surface area contributed by atoms with Gasteiger partial charge in [0.1, 0.15) is 0 Å². The quantitative estimate of drug-likeness (QED) is 0.508. The molecule has 0 N–H and O–H groups in total. The Labute approximate surface area is 193 Å². The summed E-state index contributed by atoms with van der Waals surface area (Å²) in [7, 11) is 0. The third-order valence-corrected chi connectivity index (χ3v) is 6.27. The van der Waals surface area contributed by atoms with Crippen molar-refractivity contribution in [2.45, 2.75) is 6.04 Å². The lowest BCUT2D eigenvalue weighted by molar-refractivity contribution is -0.127. The molecule has 1 saturated heterocycles. The van der Waals surface area contributed by atoms with Crippen LogP contribution in [0.4, 0.5) is 0 Å². The summed E-state index contributed by atoms with van der Waals surface area (Å²) in [5.74, 6) is 5.40. The molecule has 1 fully saturated rings. The van der Waals surface area contributed by atoms with Gasteiger partial charge in [-0.3, -0.25) is 9.69 Å². The number of halogens is 2. The smallest absolute Gasteiger partial charge is 0.298 e. The molecule has 1 heterocycles. The van der Waals surface area contributed by atoms with Gasteiger partial charge in [0.15, 0.2) is 0 Å². The second kappa shape index (κ2) is 10.0. The van der Waals surface area contributed by atoms with E-state index >= 15 is 0 Å². The van der Waals surface area contributed by atoms with Crippen molar-refractivity contribution in [3.63, 3.8) is 0 Å². The molecule has 0 unspecified atom stereocenters. The van der Waals surface area contributed by atoms with Crippen LogP contribution in [0.1, 0.15) is 22.7 Å². The molecule has 1 aliphatic heterocycles. The van der Waals surface area contributed by atoms with Crippen LogP contribution in [0.3, 0.4) is 0 Å². The van der Waals surface area contributed by atoms with E-state index in [0.29, 0.717) is 28.7 Å². The van der Waals surface area contributed by atoms with Gasteiger partial charge >= 0.3 is 0 Å². The summed E-state index contributed by atoms with van der Waals surface area (Å²) in [5, 5.41) is 0.810. The van der Waals surface area contributed by atoms with Crippen molar-refractivity contribution >= 4 is 29.1 Å². The molecule has 0 atom stereocenters. The van der Waals surface area contributed by atoms with Gasteiger partial charge in [-0.05, 0) is 23.3 Å². The number of benzene rings is 3. The fourth-order valence-corrected chi connectivity index (χ4v) is 4.22. The molecule has 3 nitrogen and oxygen atoms in total. The van der Waals surface area contributed by atoms with Crippen molar-refractivity contribution in [1.82, 2.24) is 9.80 Å². The van der Waals surface area contributed by atoms with Crippen molar-refractivity contribution in [1.29, 1.82) is 0 Å². The monoisotopic (exact) mass is 448 g/mol. The van der Waals surface area contributed by atoms with Crippen LogP contribution >= 0.6 is 23.2 Å². The number of amides is 1. The highest BCUT2D eigenvalue weighted by molar-refractivity contribution is 6.42. The molecule has 156 valence electrons. The van der Waals surface area contributed by atoms with E-state index in [1.54, 1.807) is 23.1 Å². The zero-order valence-corrected chi connectivity index (χ0v) is 18.5. The average molecular weight is 449 g/mol. The average Bonchev–Trinajstić information content (AvgIpc) is 2.82. The number of nitrogens with zero attached hydrogens (tertiary/aromatic N) is 2. The Hall–Kier alpha value is -2.77. The lowest BCUT2D eigenvalue weighted by atomic mass is 9.96. The zero-order valence-electron chi connectivity index (χ0n) is 17.0. The zero-order chi connectivity index (χ0) is 21.6. The van der Waals surface area contributed by atoms with Crippen LogP contribution in [0.5, 0.6) is 0 Å². The topological polar surface area (TPSA) is 23.6 Å². The van der Waals surface area contributed by atoms with Crippen LogP contribution in [0.2, 0.25) is 10.0 Å². The van der Waals surface area contributed by atoms with E-state index < -0.39 is 0 Å². The summed E-state index contributed by atoms with van der Waals surface area (Å²) >= 11 is 12.2. The van der Waals surface area contributed by atoms with E-state index in [-0.39, 0.29) is 11.9 Å². The van der Waals surface area contributed by atoms with E-state index in [4.69, 9.17) is 23.2 Å². The summed E-state index contributed by atoms with van der Waals surface area (Å²) in [6, 6.07) is 26.4. The maximum atomic E-state index is 12.6. The molecule has 3 aromatic rings. The Morgan fingerprint density at radius 2 is 1.35 bits per heavy atom. The molecule has 1 amide bonds. The van der Waals surface area contributed by atoms with E-state index in [1.165, 1.54) is 11.1 Å². The minimum atomic E-state index is -0.188. The van der Waals surface area contributed by atoms with Crippen LogP contribution < -0.4 is 0 Å². The first-order valence-electron chi connectivity index (χ1n) is 10.2. The maximum absolute atomic E-state index is 12.6. The van der Waals surface area contributed by atoms with E-state index in [1.807, 2.05) is 12.1 Å². The van der Waals surface area contributed by atoms with E-state index in [9.17, 15) is 4.79 Å². The Kier molecular flexibility index (Phi) is 6.94. The standard InChI is InChI=1S/C26H22Cl2N2O/c27-23-13-7-12-20(25(23)28)14-15-24(31)29-16-18-30(19-17-29)26(21-8-3-1-4-9-21)22-10-5-2-6-11-22/h1-13,26H,16-19H2. The summed E-state index contributed by atoms with van der Waals surface area (Å²) in [6.45, 7) is 2.82. The second-order valence-electron chi connectivity index (χ2n) is 7.40. The minimum Gasteiger partial charge on any atom is -0.329 e. The molecule has 1 aliphatic rings. The molecule has 3 aromatic carbocycles. The van der Waals surface area contributed by atoms with Crippen molar-refractivity contribution in [3.05, 3.63) is 106 Å². The lowest BCUT2D eigenvalue weighted by Gasteiger charge is -2.39. The molecule has 5 heteroatoms. The molecule has 0 aromatic heterocycles. The Balaban J connectivity index is 1.46. The highest BCUT2D eigenvalue weighted by atomic mass is 35.5. The minimum absolute atomic E-state index is 0.163. The normalized spacial score (nSPS) is 14.2. The van der Waals surface area contributed by atoms with Gasteiger partial charge in [-0.15, -0.1) is 0 Å². The van der Waals surface area contributed by atoms with Gasteiger partial charge < -0.3 is 4.90 Å². The van der Waals surface area contributed by atoms with Crippen molar-refractivity contribution in [2.75, 3.05) is 26.2 Å².